The molecule has 1 unspecified atom stereocenters. The average Bonchev–Trinajstić information content (AvgIpc) is 2.28. The Bertz CT molecular complexity index is 399. The molecule has 0 aromatic heterocycles. The minimum Gasteiger partial charge on any atom is -0.484 e. The Balaban J connectivity index is 2.55. The number of primary amides is 1. The van der Waals surface area contributed by atoms with E-state index in [0.717, 1.165) is 5.56 Å². The van der Waals surface area contributed by atoms with Crippen LogP contribution in [0.4, 0.5) is 0 Å². The molecule has 5 nitrogen and oxygen atoms in total. The highest BCUT2D eigenvalue weighted by Gasteiger charge is 2.11. The van der Waals surface area contributed by atoms with Crippen molar-refractivity contribution in [3.8, 4) is 5.75 Å². The minimum absolute atomic E-state index is 0.162. The summed E-state index contributed by atoms with van der Waals surface area (Å²) in [5.74, 6) is -1.24. The largest absolute Gasteiger partial charge is 0.484 e. The van der Waals surface area contributed by atoms with Gasteiger partial charge in [0.05, 0.1) is 5.92 Å². The van der Waals surface area contributed by atoms with Gasteiger partial charge in [-0.3, -0.25) is 9.59 Å². The first-order chi connectivity index (χ1) is 7.99. The fraction of sp³-hybridized carbons (Fsp3) is 0.333. The van der Waals surface area contributed by atoms with Crippen molar-refractivity contribution in [1.29, 1.82) is 0 Å². The molecule has 0 bridgehead atoms. The zero-order valence-electron chi connectivity index (χ0n) is 9.55. The molecular weight excluding hydrogens is 222 g/mol. The highest BCUT2D eigenvalue weighted by molar-refractivity contribution is 5.75. The Labute approximate surface area is 99.2 Å². The number of rotatable bonds is 6. The van der Waals surface area contributed by atoms with Crippen molar-refractivity contribution >= 4 is 11.9 Å². The summed E-state index contributed by atoms with van der Waals surface area (Å²) in [7, 11) is 0. The summed E-state index contributed by atoms with van der Waals surface area (Å²) < 4.78 is 5.08. The molecule has 1 aromatic rings. The molecule has 0 fully saturated rings. The second kappa shape index (κ2) is 5.89. The van der Waals surface area contributed by atoms with Crippen LogP contribution in [0.15, 0.2) is 24.3 Å². The number of ether oxygens (including phenoxy) is 1. The summed E-state index contributed by atoms with van der Waals surface area (Å²) >= 11 is 0. The lowest BCUT2D eigenvalue weighted by Crippen LogP contribution is -2.20. The van der Waals surface area contributed by atoms with Gasteiger partial charge in [0.1, 0.15) is 5.75 Å². The molecule has 5 heteroatoms. The SMILES string of the molecule is CC(Cc1ccc(OCC(N)=O)cc1)C(=O)O. The molecule has 0 heterocycles. The summed E-state index contributed by atoms with van der Waals surface area (Å²) in [6.07, 6.45) is 0.464. The molecule has 1 aromatic carbocycles. The van der Waals surface area contributed by atoms with E-state index in [9.17, 15) is 9.59 Å². The zero-order valence-corrected chi connectivity index (χ0v) is 9.55. The van der Waals surface area contributed by atoms with Gasteiger partial charge in [-0.05, 0) is 24.1 Å². The minimum atomic E-state index is -0.820. The number of hydrogen-bond donors (Lipinski definition) is 2. The molecular formula is C12H15NO4. The molecule has 1 atom stereocenters. The van der Waals surface area contributed by atoms with Crippen LogP contribution in [0.1, 0.15) is 12.5 Å². The van der Waals surface area contributed by atoms with Crippen LogP contribution in [0, 0.1) is 5.92 Å². The summed E-state index contributed by atoms with van der Waals surface area (Å²) in [5, 5.41) is 8.77. The third-order valence-corrected chi connectivity index (χ3v) is 2.27. The lowest BCUT2D eigenvalue weighted by atomic mass is 10.0. The predicted molar refractivity (Wildman–Crippen MR) is 61.6 cm³/mol. The fourth-order valence-corrected chi connectivity index (χ4v) is 1.32. The quantitative estimate of drug-likeness (QED) is 0.766. The molecule has 1 amide bonds. The Hall–Kier alpha value is -2.04. The van der Waals surface area contributed by atoms with Gasteiger partial charge < -0.3 is 15.6 Å². The molecule has 1 rings (SSSR count). The molecule has 0 saturated heterocycles. The second-order valence-corrected chi connectivity index (χ2v) is 3.84. The first kappa shape index (κ1) is 13.0. The normalized spacial score (nSPS) is 11.8. The van der Waals surface area contributed by atoms with Crippen LogP contribution in [0.25, 0.3) is 0 Å². The lowest BCUT2D eigenvalue weighted by molar-refractivity contribution is -0.141. The van der Waals surface area contributed by atoms with E-state index >= 15 is 0 Å². The van der Waals surface area contributed by atoms with E-state index in [1.54, 1.807) is 31.2 Å². The highest BCUT2D eigenvalue weighted by atomic mass is 16.5. The van der Waals surface area contributed by atoms with Crippen molar-refractivity contribution in [2.24, 2.45) is 11.7 Å². The molecule has 0 saturated carbocycles. The van der Waals surface area contributed by atoms with Gasteiger partial charge in [-0.2, -0.15) is 0 Å². The topological polar surface area (TPSA) is 89.6 Å². The van der Waals surface area contributed by atoms with Crippen molar-refractivity contribution in [2.45, 2.75) is 13.3 Å². The van der Waals surface area contributed by atoms with E-state index in [1.165, 1.54) is 0 Å². The number of carbonyl (C=O) groups excluding carboxylic acids is 1. The number of carboxylic acid groups (broad SMARTS) is 1. The average molecular weight is 237 g/mol. The van der Waals surface area contributed by atoms with Gasteiger partial charge in [0.25, 0.3) is 5.91 Å². The van der Waals surface area contributed by atoms with E-state index < -0.39 is 17.8 Å². The Morgan fingerprint density at radius 2 is 1.94 bits per heavy atom. The van der Waals surface area contributed by atoms with Gasteiger partial charge in [0.15, 0.2) is 6.61 Å². The van der Waals surface area contributed by atoms with Crippen LogP contribution in [0.5, 0.6) is 5.75 Å². The van der Waals surface area contributed by atoms with Crippen molar-refractivity contribution in [1.82, 2.24) is 0 Å². The Morgan fingerprint density at radius 3 is 2.41 bits per heavy atom. The molecule has 17 heavy (non-hydrogen) atoms. The van der Waals surface area contributed by atoms with Crippen LogP contribution in [0.3, 0.4) is 0 Å². The van der Waals surface area contributed by atoms with Crippen LogP contribution < -0.4 is 10.5 Å². The molecule has 0 spiro atoms. The maximum Gasteiger partial charge on any atom is 0.306 e. The second-order valence-electron chi connectivity index (χ2n) is 3.84. The summed E-state index contributed by atoms with van der Waals surface area (Å²) in [5.41, 5.74) is 5.85. The highest BCUT2D eigenvalue weighted by Crippen LogP contribution is 2.15. The molecule has 3 N–H and O–H groups in total. The number of aliphatic carboxylic acids is 1. The maximum atomic E-state index is 10.7. The summed E-state index contributed by atoms with van der Waals surface area (Å²) in [4.78, 5) is 21.2. The number of amides is 1. The van der Waals surface area contributed by atoms with Gasteiger partial charge in [-0.25, -0.2) is 0 Å². The van der Waals surface area contributed by atoms with Gasteiger partial charge in [-0.15, -0.1) is 0 Å². The number of nitrogens with two attached hydrogens (primary N) is 1. The summed E-state index contributed by atoms with van der Waals surface area (Å²) in [6, 6.07) is 6.92. The number of hydrogen-bond acceptors (Lipinski definition) is 3. The Morgan fingerprint density at radius 1 is 1.35 bits per heavy atom. The first-order valence-electron chi connectivity index (χ1n) is 5.22. The van der Waals surface area contributed by atoms with E-state index in [4.69, 9.17) is 15.6 Å². The van der Waals surface area contributed by atoms with Crippen molar-refractivity contribution in [3.05, 3.63) is 29.8 Å². The molecule has 0 aliphatic heterocycles. The standard InChI is InChI=1S/C12H15NO4/c1-8(12(15)16)6-9-2-4-10(5-3-9)17-7-11(13)14/h2-5,8H,6-7H2,1H3,(H2,13,14)(H,15,16). The molecule has 92 valence electrons. The van der Waals surface area contributed by atoms with Gasteiger partial charge >= 0.3 is 5.97 Å². The summed E-state index contributed by atoms with van der Waals surface area (Å²) in [6.45, 7) is 1.49. The Kier molecular flexibility index (Phi) is 4.51. The third-order valence-electron chi connectivity index (χ3n) is 2.27. The fourth-order valence-electron chi connectivity index (χ4n) is 1.32. The smallest absolute Gasteiger partial charge is 0.306 e. The van der Waals surface area contributed by atoms with Crippen molar-refractivity contribution in [2.75, 3.05) is 6.61 Å². The van der Waals surface area contributed by atoms with E-state index in [0.29, 0.717) is 12.2 Å². The number of carboxylic acids is 1. The van der Waals surface area contributed by atoms with Crippen LogP contribution in [0.2, 0.25) is 0 Å². The number of benzene rings is 1. The predicted octanol–water partition coefficient (Wildman–Crippen LogP) is 0.814. The van der Waals surface area contributed by atoms with Crippen LogP contribution in [-0.2, 0) is 16.0 Å². The molecule has 0 radical (unpaired) electrons. The monoisotopic (exact) mass is 237 g/mol. The third kappa shape index (κ3) is 4.55. The zero-order chi connectivity index (χ0) is 12.8. The van der Waals surface area contributed by atoms with E-state index in [1.807, 2.05) is 0 Å². The molecule has 0 aliphatic rings. The van der Waals surface area contributed by atoms with Crippen molar-refractivity contribution in [3.63, 3.8) is 0 Å². The maximum absolute atomic E-state index is 10.7. The molecule has 0 aliphatic carbocycles. The van der Waals surface area contributed by atoms with Crippen LogP contribution >= 0.6 is 0 Å². The van der Waals surface area contributed by atoms with Crippen LogP contribution in [-0.4, -0.2) is 23.6 Å². The van der Waals surface area contributed by atoms with E-state index in [-0.39, 0.29) is 6.61 Å². The van der Waals surface area contributed by atoms with Crippen molar-refractivity contribution < 1.29 is 19.4 Å². The van der Waals surface area contributed by atoms with E-state index in [2.05, 4.69) is 0 Å². The van der Waals surface area contributed by atoms with Gasteiger partial charge in [-0.1, -0.05) is 19.1 Å². The van der Waals surface area contributed by atoms with Gasteiger partial charge in [0.2, 0.25) is 0 Å². The lowest BCUT2D eigenvalue weighted by Gasteiger charge is -2.07. The first-order valence-corrected chi connectivity index (χ1v) is 5.22. The number of carbonyl (C=O) groups is 2. The van der Waals surface area contributed by atoms with Gasteiger partial charge in [0, 0.05) is 0 Å².